The van der Waals surface area contributed by atoms with Crippen molar-refractivity contribution in [2.75, 3.05) is 19.8 Å². The maximum atomic E-state index is 12.5. The Balaban J connectivity index is 1.98. The third kappa shape index (κ3) is 4.05. The summed E-state index contributed by atoms with van der Waals surface area (Å²) in [7, 11) is 0. The van der Waals surface area contributed by atoms with Crippen molar-refractivity contribution in [3.63, 3.8) is 0 Å². The molecule has 0 aromatic carbocycles. The lowest BCUT2D eigenvalue weighted by Gasteiger charge is -2.23. The summed E-state index contributed by atoms with van der Waals surface area (Å²) in [4.78, 5) is 17.0. The van der Waals surface area contributed by atoms with Crippen molar-refractivity contribution < 1.29 is 9.53 Å². The van der Waals surface area contributed by atoms with Crippen LogP contribution in [0.1, 0.15) is 49.0 Å². The van der Waals surface area contributed by atoms with Crippen molar-refractivity contribution in [3.05, 3.63) is 21.9 Å². The molecule has 1 N–H and O–H groups in total. The van der Waals surface area contributed by atoms with Gasteiger partial charge in [-0.1, -0.05) is 13.8 Å². The fourth-order valence-electron chi connectivity index (χ4n) is 2.63. The Labute approximate surface area is 131 Å². The Kier molecular flexibility index (Phi) is 6.21. The van der Waals surface area contributed by atoms with Crippen LogP contribution in [-0.2, 0) is 9.53 Å². The van der Waals surface area contributed by atoms with E-state index >= 15 is 0 Å². The molecule has 4 nitrogen and oxygen atoms in total. The third-order valence-electron chi connectivity index (χ3n) is 3.73. The van der Waals surface area contributed by atoms with Crippen LogP contribution in [0.2, 0.25) is 0 Å². The van der Waals surface area contributed by atoms with Crippen LogP contribution >= 0.6 is 11.3 Å². The molecule has 2 heterocycles. The second-order valence-electron chi connectivity index (χ2n) is 5.48. The van der Waals surface area contributed by atoms with Crippen LogP contribution in [0.3, 0.4) is 0 Å². The number of hydrogen-bond donors (Lipinski definition) is 1. The minimum atomic E-state index is -0.0473. The Morgan fingerprint density at radius 1 is 1.33 bits per heavy atom. The minimum Gasteiger partial charge on any atom is -0.381 e. The average Bonchev–Trinajstić information content (AvgIpc) is 3.03. The fourth-order valence-corrected chi connectivity index (χ4v) is 3.58. The number of amides is 1. The Morgan fingerprint density at radius 3 is 2.76 bits per heavy atom. The SMILES string of the molecule is CCCOCCCN1C(=O)C(CC)NC1c1ccc(C)s1. The molecule has 0 aliphatic carbocycles. The lowest BCUT2D eigenvalue weighted by Crippen LogP contribution is -2.32. The molecule has 2 rings (SSSR count). The van der Waals surface area contributed by atoms with Gasteiger partial charge in [0.2, 0.25) is 5.91 Å². The van der Waals surface area contributed by atoms with E-state index < -0.39 is 0 Å². The lowest BCUT2D eigenvalue weighted by atomic mass is 10.2. The predicted octanol–water partition coefficient (Wildman–Crippen LogP) is 3.08. The topological polar surface area (TPSA) is 41.6 Å². The first-order valence-electron chi connectivity index (χ1n) is 7.88. The molecule has 1 aromatic heterocycles. The maximum Gasteiger partial charge on any atom is 0.241 e. The van der Waals surface area contributed by atoms with Crippen LogP contribution in [0.15, 0.2) is 12.1 Å². The normalized spacial score (nSPS) is 22.2. The Morgan fingerprint density at radius 2 is 2.14 bits per heavy atom. The second kappa shape index (κ2) is 7.92. The molecule has 118 valence electrons. The van der Waals surface area contributed by atoms with Crippen molar-refractivity contribution >= 4 is 17.2 Å². The molecule has 1 fully saturated rings. The molecule has 0 bridgehead atoms. The minimum absolute atomic E-state index is 0.0346. The van der Waals surface area contributed by atoms with E-state index in [0.717, 1.165) is 39.0 Å². The van der Waals surface area contributed by atoms with Gasteiger partial charge in [0.05, 0.1) is 6.04 Å². The lowest BCUT2D eigenvalue weighted by molar-refractivity contribution is -0.130. The van der Waals surface area contributed by atoms with Gasteiger partial charge in [0.15, 0.2) is 0 Å². The van der Waals surface area contributed by atoms with E-state index in [2.05, 4.69) is 38.2 Å². The van der Waals surface area contributed by atoms with Crippen molar-refractivity contribution in [1.29, 1.82) is 0 Å². The zero-order valence-electron chi connectivity index (χ0n) is 13.2. The summed E-state index contributed by atoms with van der Waals surface area (Å²) < 4.78 is 5.52. The third-order valence-corrected chi connectivity index (χ3v) is 4.78. The summed E-state index contributed by atoms with van der Waals surface area (Å²) in [5, 5.41) is 3.47. The van der Waals surface area contributed by atoms with Gasteiger partial charge in [0.1, 0.15) is 6.17 Å². The number of rotatable bonds is 8. The summed E-state index contributed by atoms with van der Waals surface area (Å²) in [6.07, 6.45) is 2.80. The van der Waals surface area contributed by atoms with Crippen molar-refractivity contribution in [2.24, 2.45) is 0 Å². The highest BCUT2D eigenvalue weighted by molar-refractivity contribution is 7.12. The maximum absolute atomic E-state index is 12.5. The predicted molar refractivity (Wildman–Crippen MR) is 86.5 cm³/mol. The smallest absolute Gasteiger partial charge is 0.241 e. The van der Waals surface area contributed by atoms with Gasteiger partial charge in [-0.3, -0.25) is 10.1 Å². The highest BCUT2D eigenvalue weighted by Gasteiger charge is 2.38. The summed E-state index contributed by atoms with van der Waals surface area (Å²) in [5.41, 5.74) is 0. The molecule has 21 heavy (non-hydrogen) atoms. The van der Waals surface area contributed by atoms with Gasteiger partial charge < -0.3 is 9.64 Å². The van der Waals surface area contributed by atoms with Crippen LogP contribution in [0.25, 0.3) is 0 Å². The van der Waals surface area contributed by atoms with Gasteiger partial charge >= 0.3 is 0 Å². The molecule has 1 amide bonds. The largest absolute Gasteiger partial charge is 0.381 e. The van der Waals surface area contributed by atoms with Gasteiger partial charge in [0, 0.05) is 29.5 Å². The first kappa shape index (κ1) is 16.5. The molecule has 0 saturated carbocycles. The first-order valence-corrected chi connectivity index (χ1v) is 8.69. The number of carbonyl (C=O) groups is 1. The number of nitrogens with one attached hydrogen (secondary N) is 1. The summed E-state index contributed by atoms with van der Waals surface area (Å²) in [6.45, 7) is 8.55. The summed E-state index contributed by atoms with van der Waals surface area (Å²) in [5.74, 6) is 0.226. The van der Waals surface area contributed by atoms with Crippen molar-refractivity contribution in [1.82, 2.24) is 10.2 Å². The Bertz CT molecular complexity index is 461. The molecule has 1 aliphatic heterocycles. The number of ether oxygens (including phenoxy) is 1. The molecular formula is C16H26N2O2S. The quantitative estimate of drug-likeness (QED) is 0.750. The molecule has 2 atom stereocenters. The van der Waals surface area contributed by atoms with Crippen molar-refractivity contribution in [2.45, 2.75) is 52.2 Å². The molecular weight excluding hydrogens is 284 g/mol. The molecule has 1 saturated heterocycles. The van der Waals surface area contributed by atoms with E-state index in [4.69, 9.17) is 4.74 Å². The molecule has 1 aliphatic rings. The van der Waals surface area contributed by atoms with Gasteiger partial charge in [-0.05, 0) is 38.3 Å². The summed E-state index contributed by atoms with van der Waals surface area (Å²) >= 11 is 1.76. The standard InChI is InChI=1S/C16H26N2O2S/c1-4-10-20-11-6-9-18-15(14-8-7-12(3)21-14)17-13(5-2)16(18)19/h7-8,13,15,17H,4-6,9-11H2,1-3H3. The second-order valence-corrected chi connectivity index (χ2v) is 6.80. The van der Waals surface area contributed by atoms with E-state index in [1.807, 2.05) is 4.90 Å². The Hall–Kier alpha value is -0.910. The van der Waals surface area contributed by atoms with Crippen LogP contribution in [0.5, 0.6) is 0 Å². The van der Waals surface area contributed by atoms with Crippen molar-refractivity contribution in [3.8, 4) is 0 Å². The highest BCUT2D eigenvalue weighted by atomic mass is 32.1. The molecule has 5 heteroatoms. The van der Waals surface area contributed by atoms with Crippen LogP contribution in [0, 0.1) is 6.92 Å². The number of carbonyl (C=O) groups excluding carboxylic acids is 1. The van der Waals surface area contributed by atoms with E-state index in [1.54, 1.807) is 11.3 Å². The fraction of sp³-hybridized carbons (Fsp3) is 0.688. The van der Waals surface area contributed by atoms with E-state index in [9.17, 15) is 4.79 Å². The first-order chi connectivity index (χ1) is 10.2. The van der Waals surface area contributed by atoms with E-state index in [1.165, 1.54) is 9.75 Å². The number of hydrogen-bond acceptors (Lipinski definition) is 4. The van der Waals surface area contributed by atoms with Crippen LogP contribution < -0.4 is 5.32 Å². The molecule has 0 radical (unpaired) electrons. The molecule has 0 spiro atoms. The van der Waals surface area contributed by atoms with E-state index in [-0.39, 0.29) is 18.1 Å². The zero-order chi connectivity index (χ0) is 15.2. The average molecular weight is 310 g/mol. The number of thiophene rings is 1. The highest BCUT2D eigenvalue weighted by Crippen LogP contribution is 2.31. The number of nitrogens with zero attached hydrogens (tertiary/aromatic N) is 1. The monoisotopic (exact) mass is 310 g/mol. The molecule has 1 aromatic rings. The van der Waals surface area contributed by atoms with E-state index in [0.29, 0.717) is 0 Å². The molecule has 2 unspecified atom stereocenters. The van der Waals surface area contributed by atoms with Crippen LogP contribution in [0.4, 0.5) is 0 Å². The van der Waals surface area contributed by atoms with Gasteiger partial charge in [-0.2, -0.15) is 0 Å². The zero-order valence-corrected chi connectivity index (χ0v) is 14.0. The van der Waals surface area contributed by atoms with Crippen LogP contribution in [-0.4, -0.2) is 36.6 Å². The van der Waals surface area contributed by atoms with Gasteiger partial charge in [-0.25, -0.2) is 0 Å². The van der Waals surface area contributed by atoms with Gasteiger partial charge in [0.25, 0.3) is 0 Å². The van der Waals surface area contributed by atoms with Gasteiger partial charge in [-0.15, -0.1) is 11.3 Å². The number of aryl methyl sites for hydroxylation is 1. The summed E-state index contributed by atoms with van der Waals surface area (Å²) in [6, 6.07) is 4.20.